The maximum Gasteiger partial charge on any atom is 0.253 e. The van der Waals surface area contributed by atoms with Crippen molar-refractivity contribution in [3.8, 4) is 5.75 Å². The monoisotopic (exact) mass is 528 g/mol. The number of thiophene rings is 1. The first-order valence-electron chi connectivity index (χ1n) is 11.1. The van der Waals surface area contributed by atoms with Crippen molar-refractivity contribution in [2.75, 3.05) is 18.6 Å². The fourth-order valence-corrected chi connectivity index (χ4v) is 8.10. The molecule has 1 unspecified atom stereocenters. The molecular formula is C24H24N4O4S3. The van der Waals surface area contributed by atoms with Crippen LogP contribution in [0, 0.1) is 6.92 Å². The number of rotatable bonds is 7. The van der Waals surface area contributed by atoms with Crippen molar-refractivity contribution in [2.45, 2.75) is 36.6 Å². The molecule has 1 fully saturated rings. The number of nitrogens with zero attached hydrogens (tertiary/aromatic N) is 4. The number of sulfonamides is 1. The highest BCUT2D eigenvalue weighted by Gasteiger charge is 2.42. The van der Waals surface area contributed by atoms with Gasteiger partial charge in [0, 0.05) is 18.9 Å². The lowest BCUT2D eigenvalue weighted by molar-refractivity contribution is -0.121. The number of carbonyl (C=O) groups excluding carboxylic acids is 1. The lowest BCUT2D eigenvalue weighted by atomic mass is 10.2. The number of carbonyl (C=O) groups is 1. The summed E-state index contributed by atoms with van der Waals surface area (Å²) in [5.74, 6) is 0.340. The predicted molar refractivity (Wildman–Crippen MR) is 138 cm³/mol. The molecule has 3 aromatic heterocycles. The molecule has 0 spiro atoms. The number of anilines is 1. The van der Waals surface area contributed by atoms with Crippen LogP contribution in [0.25, 0.3) is 10.2 Å². The normalized spacial score (nSPS) is 16.6. The van der Waals surface area contributed by atoms with Crippen LogP contribution in [0.4, 0.5) is 5.13 Å². The fourth-order valence-electron chi connectivity index (χ4n) is 4.27. The average Bonchev–Trinajstić information content (AvgIpc) is 3.64. The standard InChI is InChI=1S/C24H24N4O4S3/c1-16-9-10-19(32-2)21-22(16)34-24(26-21)27(15-17-6-3-11-25-14-17)23(29)18-7-4-12-28(18)35(30,31)20-8-5-13-33-20/h3,5-6,8-11,13-14,18H,4,7,12,15H2,1-2H3. The number of ether oxygens (including phenoxy) is 1. The molecule has 0 N–H and O–H groups in total. The molecule has 1 amide bonds. The molecule has 0 saturated carbocycles. The summed E-state index contributed by atoms with van der Waals surface area (Å²) in [5.41, 5.74) is 2.54. The first-order chi connectivity index (χ1) is 16.9. The number of thiazole rings is 1. The third kappa shape index (κ3) is 4.44. The molecule has 35 heavy (non-hydrogen) atoms. The molecule has 4 aromatic rings. The minimum atomic E-state index is -3.77. The van der Waals surface area contributed by atoms with E-state index >= 15 is 0 Å². The minimum absolute atomic E-state index is 0.233. The second-order valence-corrected chi connectivity index (χ2v) is 12.3. The Labute approximate surface area is 211 Å². The Morgan fingerprint density at radius 2 is 2.11 bits per heavy atom. The third-order valence-electron chi connectivity index (χ3n) is 6.02. The summed E-state index contributed by atoms with van der Waals surface area (Å²) in [4.78, 5) is 24.6. The molecule has 0 radical (unpaired) electrons. The van der Waals surface area contributed by atoms with Gasteiger partial charge >= 0.3 is 0 Å². The maximum atomic E-state index is 14.0. The first kappa shape index (κ1) is 23.9. The van der Waals surface area contributed by atoms with Gasteiger partial charge in [-0.2, -0.15) is 4.31 Å². The highest BCUT2D eigenvalue weighted by atomic mass is 32.2. The number of amides is 1. The van der Waals surface area contributed by atoms with Crippen LogP contribution in [0.5, 0.6) is 5.75 Å². The van der Waals surface area contributed by atoms with E-state index in [-0.39, 0.29) is 16.7 Å². The van der Waals surface area contributed by atoms with Crippen LogP contribution in [-0.4, -0.2) is 48.3 Å². The number of fused-ring (bicyclic) bond motifs is 1. The Morgan fingerprint density at radius 3 is 2.83 bits per heavy atom. The number of aromatic nitrogens is 2. The van der Waals surface area contributed by atoms with Gasteiger partial charge in [-0.1, -0.05) is 29.5 Å². The summed E-state index contributed by atoms with van der Waals surface area (Å²) in [7, 11) is -2.17. The van der Waals surface area contributed by atoms with E-state index in [0.29, 0.717) is 35.8 Å². The summed E-state index contributed by atoms with van der Waals surface area (Å²) < 4.78 is 34.7. The molecule has 1 atom stereocenters. The van der Waals surface area contributed by atoms with E-state index in [9.17, 15) is 13.2 Å². The Bertz CT molecular complexity index is 1450. The lowest BCUT2D eigenvalue weighted by Crippen LogP contribution is -2.47. The fraction of sp³-hybridized carbons (Fsp3) is 0.292. The molecule has 0 bridgehead atoms. The van der Waals surface area contributed by atoms with E-state index in [1.54, 1.807) is 41.9 Å². The molecule has 1 saturated heterocycles. The molecule has 4 heterocycles. The Balaban J connectivity index is 1.57. The minimum Gasteiger partial charge on any atom is -0.494 e. The molecular weight excluding hydrogens is 504 g/mol. The summed E-state index contributed by atoms with van der Waals surface area (Å²) in [6.45, 7) is 2.53. The molecule has 0 aliphatic carbocycles. The SMILES string of the molecule is COc1ccc(C)c2sc(N(Cc3cccnc3)C(=O)C3CCCN3S(=O)(=O)c3cccs3)nc12. The molecule has 11 heteroatoms. The van der Waals surface area contributed by atoms with Gasteiger partial charge in [0.25, 0.3) is 10.0 Å². The van der Waals surface area contributed by atoms with Crippen LogP contribution < -0.4 is 9.64 Å². The lowest BCUT2D eigenvalue weighted by Gasteiger charge is -2.28. The highest BCUT2D eigenvalue weighted by molar-refractivity contribution is 7.91. The number of aryl methyl sites for hydroxylation is 1. The Morgan fingerprint density at radius 1 is 1.26 bits per heavy atom. The van der Waals surface area contributed by atoms with Crippen LogP contribution in [0.1, 0.15) is 24.0 Å². The van der Waals surface area contributed by atoms with Crippen molar-refractivity contribution in [1.29, 1.82) is 0 Å². The van der Waals surface area contributed by atoms with Crippen LogP contribution in [0.2, 0.25) is 0 Å². The predicted octanol–water partition coefficient (Wildman–Crippen LogP) is 4.46. The summed E-state index contributed by atoms with van der Waals surface area (Å²) in [6, 6.07) is 10.0. The number of pyridine rings is 1. The van der Waals surface area contributed by atoms with Crippen LogP contribution >= 0.6 is 22.7 Å². The summed E-state index contributed by atoms with van der Waals surface area (Å²) >= 11 is 2.56. The summed E-state index contributed by atoms with van der Waals surface area (Å²) in [6.07, 6.45) is 4.46. The molecule has 182 valence electrons. The van der Waals surface area contributed by atoms with Gasteiger partial charge in [-0.15, -0.1) is 11.3 Å². The van der Waals surface area contributed by atoms with Gasteiger partial charge in [-0.05, 0) is 54.5 Å². The van der Waals surface area contributed by atoms with Crippen molar-refractivity contribution in [3.05, 3.63) is 65.3 Å². The zero-order chi connectivity index (χ0) is 24.6. The largest absolute Gasteiger partial charge is 0.494 e. The van der Waals surface area contributed by atoms with Crippen molar-refractivity contribution in [2.24, 2.45) is 0 Å². The van der Waals surface area contributed by atoms with E-state index < -0.39 is 16.1 Å². The first-order valence-corrected chi connectivity index (χ1v) is 14.2. The van der Waals surface area contributed by atoms with Crippen LogP contribution in [0.15, 0.2) is 58.4 Å². The van der Waals surface area contributed by atoms with Gasteiger partial charge in [0.05, 0.1) is 18.4 Å². The van der Waals surface area contributed by atoms with E-state index in [1.807, 2.05) is 31.2 Å². The zero-order valence-corrected chi connectivity index (χ0v) is 21.7. The zero-order valence-electron chi connectivity index (χ0n) is 19.2. The van der Waals surface area contributed by atoms with Crippen LogP contribution in [0.3, 0.4) is 0 Å². The van der Waals surface area contributed by atoms with E-state index in [1.165, 1.54) is 15.6 Å². The van der Waals surface area contributed by atoms with E-state index in [2.05, 4.69) is 4.98 Å². The van der Waals surface area contributed by atoms with Gasteiger partial charge in [0.2, 0.25) is 5.91 Å². The van der Waals surface area contributed by atoms with Crippen molar-refractivity contribution in [3.63, 3.8) is 0 Å². The van der Waals surface area contributed by atoms with Crippen LogP contribution in [-0.2, 0) is 21.4 Å². The number of hydrogen-bond acceptors (Lipinski definition) is 8. The molecule has 1 aromatic carbocycles. The number of methoxy groups -OCH3 is 1. The highest BCUT2D eigenvalue weighted by Crippen LogP contribution is 2.38. The van der Waals surface area contributed by atoms with Gasteiger partial charge < -0.3 is 4.74 Å². The molecule has 8 nitrogen and oxygen atoms in total. The van der Waals surface area contributed by atoms with Gasteiger partial charge in [-0.25, -0.2) is 13.4 Å². The smallest absolute Gasteiger partial charge is 0.253 e. The summed E-state index contributed by atoms with van der Waals surface area (Å²) in [5, 5.41) is 2.23. The Hall–Kier alpha value is -2.86. The third-order valence-corrected chi connectivity index (χ3v) is 10.5. The second kappa shape index (κ2) is 9.65. The molecule has 1 aliphatic heterocycles. The maximum absolute atomic E-state index is 14.0. The van der Waals surface area contributed by atoms with E-state index in [4.69, 9.17) is 9.72 Å². The van der Waals surface area contributed by atoms with Gasteiger partial charge in [0.15, 0.2) is 5.13 Å². The number of benzene rings is 1. The van der Waals surface area contributed by atoms with E-state index in [0.717, 1.165) is 27.2 Å². The van der Waals surface area contributed by atoms with Crippen molar-refractivity contribution >= 4 is 54.0 Å². The van der Waals surface area contributed by atoms with Crippen molar-refractivity contribution < 1.29 is 17.9 Å². The van der Waals surface area contributed by atoms with Gasteiger partial charge in [-0.3, -0.25) is 14.7 Å². The average molecular weight is 529 g/mol. The quantitative estimate of drug-likeness (QED) is 0.352. The Kier molecular flexibility index (Phi) is 6.58. The topological polar surface area (TPSA) is 92.7 Å². The number of hydrogen-bond donors (Lipinski definition) is 0. The molecule has 1 aliphatic rings. The van der Waals surface area contributed by atoms with Gasteiger partial charge in [0.1, 0.15) is 21.5 Å². The second-order valence-electron chi connectivity index (χ2n) is 8.25. The molecule has 5 rings (SSSR count). The van der Waals surface area contributed by atoms with Crippen molar-refractivity contribution in [1.82, 2.24) is 14.3 Å².